The molecule has 0 saturated heterocycles. The zero-order valence-electron chi connectivity index (χ0n) is 13.6. The topological polar surface area (TPSA) is 91.7 Å². The van der Waals surface area contributed by atoms with Crippen LogP contribution in [-0.4, -0.2) is 22.2 Å². The Hall–Kier alpha value is -3.17. The summed E-state index contributed by atoms with van der Waals surface area (Å²) in [5, 5.41) is 19.7. The minimum atomic E-state index is -3.44. The maximum absolute atomic E-state index is 14.2. The van der Waals surface area contributed by atoms with Gasteiger partial charge in [-0.25, -0.2) is 9.59 Å². The number of hydrogen-bond acceptors (Lipinski definition) is 3. The van der Waals surface area contributed by atoms with Crippen molar-refractivity contribution in [3.63, 3.8) is 0 Å². The van der Waals surface area contributed by atoms with Gasteiger partial charge in [0.2, 0.25) is 0 Å². The average molecular weight is 366 g/mol. The van der Waals surface area contributed by atoms with Gasteiger partial charge in [0.05, 0.1) is 11.1 Å². The molecule has 0 unspecified atom stereocenters. The van der Waals surface area contributed by atoms with E-state index in [1.807, 2.05) is 0 Å². The lowest BCUT2D eigenvalue weighted by Crippen LogP contribution is -2.26. The van der Waals surface area contributed by atoms with Crippen LogP contribution in [0, 0.1) is 0 Å². The fraction of sp³-hybridized carbons (Fsp3) is 0. The lowest BCUT2D eigenvalue weighted by Gasteiger charge is -2.20. The van der Waals surface area contributed by atoms with Crippen molar-refractivity contribution in [3.8, 4) is 0 Å². The Labute approximate surface area is 149 Å². The van der Waals surface area contributed by atoms with Crippen LogP contribution in [0.15, 0.2) is 78.9 Å². The van der Waals surface area contributed by atoms with Gasteiger partial charge in [-0.15, -0.1) is 0 Å². The molecule has 0 bridgehead atoms. The van der Waals surface area contributed by atoms with E-state index in [0.29, 0.717) is 15.9 Å². The van der Waals surface area contributed by atoms with E-state index in [-0.39, 0.29) is 11.1 Å². The minimum absolute atomic E-state index is 0.0213. The highest BCUT2D eigenvalue weighted by molar-refractivity contribution is 7.85. The van der Waals surface area contributed by atoms with Gasteiger partial charge in [-0.1, -0.05) is 54.6 Å². The Balaban J connectivity index is 2.30. The molecule has 6 heteroatoms. The number of benzene rings is 3. The summed E-state index contributed by atoms with van der Waals surface area (Å²) in [5.74, 6) is -2.24. The third kappa shape index (κ3) is 3.17. The van der Waals surface area contributed by atoms with Gasteiger partial charge in [0, 0.05) is 15.9 Å². The molecule has 0 saturated carbocycles. The second kappa shape index (κ2) is 6.98. The van der Waals surface area contributed by atoms with Crippen LogP contribution in [0.2, 0.25) is 0 Å². The first-order valence-electron chi connectivity index (χ1n) is 7.76. The number of carbonyl (C=O) groups is 2. The maximum Gasteiger partial charge on any atom is 0.335 e. The van der Waals surface area contributed by atoms with Gasteiger partial charge in [-0.2, -0.15) is 0 Å². The van der Waals surface area contributed by atoms with Crippen LogP contribution in [-0.2, 0) is 4.57 Å². The quantitative estimate of drug-likeness (QED) is 0.678. The van der Waals surface area contributed by atoms with Gasteiger partial charge in [0.1, 0.15) is 0 Å². The monoisotopic (exact) mass is 366 g/mol. The molecule has 3 aromatic carbocycles. The molecule has 5 nitrogen and oxygen atoms in total. The first kappa shape index (κ1) is 17.6. The van der Waals surface area contributed by atoms with Gasteiger partial charge in [-0.05, 0) is 24.3 Å². The summed E-state index contributed by atoms with van der Waals surface area (Å²) in [6.07, 6.45) is 0. The molecular formula is C20H15O5P. The second-order valence-corrected chi connectivity index (χ2v) is 8.42. The molecule has 0 spiro atoms. The second-order valence-electron chi connectivity index (χ2n) is 5.66. The highest BCUT2D eigenvalue weighted by Crippen LogP contribution is 2.42. The molecule has 0 fully saturated rings. The summed E-state index contributed by atoms with van der Waals surface area (Å²) in [6.45, 7) is 0. The minimum Gasteiger partial charge on any atom is -0.478 e. The van der Waals surface area contributed by atoms with Crippen molar-refractivity contribution >= 4 is 35.0 Å². The predicted octanol–water partition coefficient (Wildman–Crippen LogP) is 2.72. The molecule has 26 heavy (non-hydrogen) atoms. The Bertz CT molecular complexity index is 966. The maximum atomic E-state index is 14.2. The van der Waals surface area contributed by atoms with E-state index >= 15 is 0 Å². The van der Waals surface area contributed by atoms with Crippen molar-refractivity contribution in [2.45, 2.75) is 0 Å². The third-order valence-corrected chi connectivity index (χ3v) is 7.07. The van der Waals surface area contributed by atoms with E-state index in [2.05, 4.69) is 0 Å². The van der Waals surface area contributed by atoms with E-state index in [0.717, 1.165) is 0 Å². The van der Waals surface area contributed by atoms with Crippen molar-refractivity contribution in [2.75, 3.05) is 0 Å². The zero-order chi connectivity index (χ0) is 18.7. The molecule has 130 valence electrons. The molecule has 2 N–H and O–H groups in total. The van der Waals surface area contributed by atoms with Crippen molar-refractivity contribution in [1.82, 2.24) is 0 Å². The summed E-state index contributed by atoms with van der Waals surface area (Å²) < 4.78 is 14.2. The van der Waals surface area contributed by atoms with E-state index in [1.54, 1.807) is 42.5 Å². The number of carboxylic acid groups (broad SMARTS) is 2. The van der Waals surface area contributed by atoms with E-state index in [9.17, 15) is 24.4 Å². The van der Waals surface area contributed by atoms with E-state index in [1.165, 1.54) is 36.4 Å². The SMILES string of the molecule is O=C(O)c1cccc(P(=O)(c2ccccc2)c2cccc(C(=O)O)c2)c1. The third-order valence-electron chi connectivity index (χ3n) is 4.03. The molecule has 3 aromatic rings. The predicted molar refractivity (Wildman–Crippen MR) is 99.8 cm³/mol. The van der Waals surface area contributed by atoms with Gasteiger partial charge < -0.3 is 14.8 Å². The Morgan fingerprint density at radius 2 is 1.04 bits per heavy atom. The molecule has 3 rings (SSSR count). The Morgan fingerprint density at radius 3 is 1.46 bits per heavy atom. The lowest BCUT2D eigenvalue weighted by atomic mass is 10.2. The van der Waals surface area contributed by atoms with Crippen LogP contribution in [0.25, 0.3) is 0 Å². The van der Waals surface area contributed by atoms with Crippen LogP contribution in [0.3, 0.4) is 0 Å². The van der Waals surface area contributed by atoms with Crippen LogP contribution < -0.4 is 15.9 Å². The fourth-order valence-electron chi connectivity index (χ4n) is 2.75. The van der Waals surface area contributed by atoms with Crippen molar-refractivity contribution in [2.24, 2.45) is 0 Å². The molecule has 0 aromatic heterocycles. The van der Waals surface area contributed by atoms with Gasteiger partial charge >= 0.3 is 11.9 Å². The van der Waals surface area contributed by atoms with Crippen LogP contribution in [0.4, 0.5) is 0 Å². The lowest BCUT2D eigenvalue weighted by molar-refractivity contribution is 0.0686. The standard InChI is InChI=1S/C20H15O5P/c21-19(22)14-6-4-10-17(12-14)26(25,16-8-2-1-3-9-16)18-11-5-7-15(13-18)20(23)24/h1-13H,(H,21,22)(H,23,24). The molecule has 0 amide bonds. The Morgan fingerprint density at radius 1 is 0.615 bits per heavy atom. The van der Waals surface area contributed by atoms with E-state index in [4.69, 9.17) is 0 Å². The zero-order valence-corrected chi connectivity index (χ0v) is 14.5. The van der Waals surface area contributed by atoms with Gasteiger partial charge in [0.25, 0.3) is 0 Å². The van der Waals surface area contributed by atoms with Crippen LogP contribution >= 0.6 is 7.14 Å². The fourth-order valence-corrected chi connectivity index (χ4v) is 5.47. The largest absolute Gasteiger partial charge is 0.478 e. The molecular weight excluding hydrogens is 351 g/mol. The summed E-state index contributed by atoms with van der Waals surface area (Å²) in [5.41, 5.74) is 0.0427. The number of carboxylic acids is 2. The summed E-state index contributed by atoms with van der Waals surface area (Å²) in [7, 11) is -3.44. The summed E-state index contributed by atoms with van der Waals surface area (Å²) in [4.78, 5) is 22.7. The average Bonchev–Trinajstić information content (AvgIpc) is 2.68. The molecule has 0 aliphatic rings. The van der Waals surface area contributed by atoms with Crippen LogP contribution in [0.1, 0.15) is 20.7 Å². The highest BCUT2D eigenvalue weighted by Gasteiger charge is 2.30. The molecule has 0 radical (unpaired) electrons. The first-order chi connectivity index (χ1) is 12.4. The number of rotatable bonds is 5. The molecule has 0 aliphatic heterocycles. The Kier molecular flexibility index (Phi) is 4.74. The first-order valence-corrected chi connectivity index (χ1v) is 9.47. The highest BCUT2D eigenvalue weighted by atomic mass is 31.2. The summed E-state index contributed by atoms with van der Waals surface area (Å²) in [6, 6.07) is 20.6. The number of hydrogen-bond donors (Lipinski definition) is 2. The van der Waals surface area contributed by atoms with Gasteiger partial charge in [-0.3, -0.25) is 0 Å². The van der Waals surface area contributed by atoms with Gasteiger partial charge in [0.15, 0.2) is 7.14 Å². The normalized spacial score (nSPS) is 11.1. The molecule has 0 aliphatic carbocycles. The van der Waals surface area contributed by atoms with E-state index < -0.39 is 19.1 Å². The molecule has 0 atom stereocenters. The van der Waals surface area contributed by atoms with Crippen molar-refractivity contribution in [1.29, 1.82) is 0 Å². The summed E-state index contributed by atoms with van der Waals surface area (Å²) >= 11 is 0. The van der Waals surface area contributed by atoms with Crippen molar-refractivity contribution < 1.29 is 24.4 Å². The van der Waals surface area contributed by atoms with Crippen LogP contribution in [0.5, 0.6) is 0 Å². The number of aromatic carboxylic acids is 2. The van der Waals surface area contributed by atoms with Crippen molar-refractivity contribution in [3.05, 3.63) is 90.0 Å². The smallest absolute Gasteiger partial charge is 0.335 e. The molecule has 0 heterocycles.